The zero-order valence-electron chi connectivity index (χ0n) is 20.7. The van der Waals surface area contributed by atoms with Gasteiger partial charge in [0.05, 0.1) is 4.90 Å². The van der Waals surface area contributed by atoms with E-state index in [-0.39, 0.29) is 12.6 Å². The molecule has 2 N–H and O–H groups in total. The van der Waals surface area contributed by atoms with E-state index < -0.39 is 21.8 Å². The molecule has 1 saturated heterocycles. The van der Waals surface area contributed by atoms with E-state index in [1.54, 1.807) is 10.4 Å². The highest BCUT2D eigenvalue weighted by molar-refractivity contribution is 7.89. The lowest BCUT2D eigenvalue weighted by Gasteiger charge is -2.35. The van der Waals surface area contributed by atoms with Gasteiger partial charge in [-0.3, -0.25) is 9.59 Å². The molecule has 0 unspecified atom stereocenters. The highest BCUT2D eigenvalue weighted by Gasteiger charge is 2.35. The first-order valence-corrected chi connectivity index (χ1v) is 13.2. The van der Waals surface area contributed by atoms with Gasteiger partial charge in [0, 0.05) is 24.8 Å². The van der Waals surface area contributed by atoms with Gasteiger partial charge in [-0.2, -0.15) is 4.31 Å². The van der Waals surface area contributed by atoms with Crippen molar-refractivity contribution in [2.24, 2.45) is 0 Å². The maximum Gasteiger partial charge on any atom is 0.313 e. The summed E-state index contributed by atoms with van der Waals surface area (Å²) in [5, 5.41) is 5.26. The van der Waals surface area contributed by atoms with Crippen LogP contribution in [0.2, 0.25) is 0 Å². The summed E-state index contributed by atoms with van der Waals surface area (Å²) >= 11 is 0. The van der Waals surface area contributed by atoms with Gasteiger partial charge in [0.15, 0.2) is 0 Å². The van der Waals surface area contributed by atoms with Gasteiger partial charge >= 0.3 is 11.8 Å². The van der Waals surface area contributed by atoms with Crippen LogP contribution < -0.4 is 10.6 Å². The van der Waals surface area contributed by atoms with Gasteiger partial charge in [0.25, 0.3) is 0 Å². The second-order valence-electron chi connectivity index (χ2n) is 9.29. The van der Waals surface area contributed by atoms with E-state index in [1.807, 2.05) is 58.9 Å². The Balaban J connectivity index is 1.63. The van der Waals surface area contributed by atoms with E-state index in [1.165, 1.54) is 0 Å². The van der Waals surface area contributed by atoms with Gasteiger partial charge in [-0.05, 0) is 88.3 Å². The first-order valence-electron chi connectivity index (χ1n) is 11.8. The Bertz CT molecular complexity index is 1170. The van der Waals surface area contributed by atoms with Crippen molar-refractivity contribution >= 4 is 27.5 Å². The lowest BCUT2D eigenvalue weighted by Crippen LogP contribution is -2.46. The molecule has 1 atom stereocenters. The van der Waals surface area contributed by atoms with Gasteiger partial charge in [0.1, 0.15) is 0 Å². The average molecular weight is 486 g/mol. The fraction of sp³-hybridized carbons (Fsp3) is 0.462. The molecule has 8 heteroatoms. The first kappa shape index (κ1) is 25.9. The SMILES string of the molecule is Cc1cc(C)c(S(=O)(=O)N2CCCC[C@H]2CCNC(=O)C(=O)Nc2ccc(C)c(C)c2)c(C)c1. The molecule has 7 nitrogen and oxygen atoms in total. The number of piperidine rings is 1. The molecule has 0 bridgehead atoms. The molecule has 1 fully saturated rings. The zero-order valence-corrected chi connectivity index (χ0v) is 21.5. The largest absolute Gasteiger partial charge is 0.348 e. The van der Waals surface area contributed by atoms with Crippen LogP contribution in [0.25, 0.3) is 0 Å². The van der Waals surface area contributed by atoms with Gasteiger partial charge in [0.2, 0.25) is 10.0 Å². The Morgan fingerprint density at radius 2 is 1.59 bits per heavy atom. The third kappa shape index (κ3) is 5.85. The number of carbonyl (C=O) groups is 2. The second kappa shape index (κ2) is 10.7. The van der Waals surface area contributed by atoms with Crippen LogP contribution in [0.3, 0.4) is 0 Å². The van der Waals surface area contributed by atoms with Crippen LogP contribution in [0, 0.1) is 34.6 Å². The van der Waals surface area contributed by atoms with Crippen LogP contribution in [0.15, 0.2) is 35.2 Å². The monoisotopic (exact) mass is 485 g/mol. The Kier molecular flexibility index (Phi) is 8.15. The van der Waals surface area contributed by atoms with Crippen LogP contribution in [-0.2, 0) is 19.6 Å². The van der Waals surface area contributed by atoms with E-state index in [9.17, 15) is 18.0 Å². The summed E-state index contributed by atoms with van der Waals surface area (Å²) in [6, 6.07) is 9.04. The van der Waals surface area contributed by atoms with Crippen LogP contribution in [0.4, 0.5) is 5.69 Å². The number of anilines is 1. The van der Waals surface area contributed by atoms with Crippen molar-refractivity contribution in [1.82, 2.24) is 9.62 Å². The molecule has 1 aliphatic heterocycles. The Hall–Kier alpha value is -2.71. The standard InChI is InChI=1S/C26H35N3O4S/c1-17-14-20(4)24(21(5)15-17)34(32,33)29-13-7-6-8-23(29)11-12-27-25(30)26(31)28-22-10-9-18(2)19(3)16-22/h9-10,14-16,23H,6-8,11-13H2,1-5H3,(H,27,30)(H,28,31)/t23-/m0/s1. The van der Waals surface area contributed by atoms with Crippen LogP contribution >= 0.6 is 0 Å². The van der Waals surface area contributed by atoms with Crippen LogP contribution in [-0.4, -0.2) is 43.7 Å². The topological polar surface area (TPSA) is 95.6 Å². The quantitative estimate of drug-likeness (QED) is 0.607. The molecule has 2 aromatic carbocycles. The Labute approximate surface area is 203 Å². The van der Waals surface area contributed by atoms with Crippen molar-refractivity contribution in [1.29, 1.82) is 0 Å². The predicted molar refractivity (Wildman–Crippen MR) is 134 cm³/mol. The van der Waals surface area contributed by atoms with Crippen molar-refractivity contribution in [3.05, 3.63) is 58.1 Å². The molecule has 1 heterocycles. The van der Waals surface area contributed by atoms with E-state index >= 15 is 0 Å². The highest BCUT2D eigenvalue weighted by Crippen LogP contribution is 2.31. The molecule has 0 aromatic heterocycles. The molecule has 3 rings (SSSR count). The number of hydrogen-bond acceptors (Lipinski definition) is 4. The van der Waals surface area contributed by atoms with Crippen LogP contribution in [0.5, 0.6) is 0 Å². The second-order valence-corrected chi connectivity index (χ2v) is 11.1. The minimum absolute atomic E-state index is 0.220. The van der Waals surface area contributed by atoms with Gasteiger partial charge in [-0.1, -0.05) is 30.2 Å². The number of hydrogen-bond donors (Lipinski definition) is 2. The maximum atomic E-state index is 13.6. The number of nitrogens with zero attached hydrogens (tertiary/aromatic N) is 1. The van der Waals surface area contributed by atoms with Gasteiger partial charge in [-0.15, -0.1) is 0 Å². The van der Waals surface area contributed by atoms with Crippen molar-refractivity contribution < 1.29 is 18.0 Å². The van der Waals surface area contributed by atoms with E-state index in [0.29, 0.717) is 23.5 Å². The van der Waals surface area contributed by atoms with E-state index in [4.69, 9.17) is 0 Å². The smallest absolute Gasteiger partial charge is 0.313 e. The molecule has 184 valence electrons. The van der Waals surface area contributed by atoms with Crippen molar-refractivity contribution in [2.75, 3.05) is 18.4 Å². The molecular weight excluding hydrogens is 450 g/mol. The fourth-order valence-corrected chi connectivity index (χ4v) is 6.85. The minimum Gasteiger partial charge on any atom is -0.348 e. The Morgan fingerprint density at radius 1 is 0.912 bits per heavy atom. The summed E-state index contributed by atoms with van der Waals surface area (Å²) in [6.45, 7) is 10.2. The number of aryl methyl sites for hydroxylation is 5. The molecule has 0 saturated carbocycles. The molecule has 2 aromatic rings. The highest BCUT2D eigenvalue weighted by atomic mass is 32.2. The third-order valence-corrected chi connectivity index (χ3v) is 8.74. The minimum atomic E-state index is -3.66. The van der Waals surface area contributed by atoms with Gasteiger partial charge < -0.3 is 10.6 Å². The predicted octanol–water partition coefficient (Wildman–Crippen LogP) is 3.92. The zero-order chi connectivity index (χ0) is 25.0. The molecular formula is C26H35N3O4S. The van der Waals surface area contributed by atoms with Crippen molar-refractivity contribution in [3.63, 3.8) is 0 Å². The average Bonchev–Trinajstić information content (AvgIpc) is 2.75. The summed E-state index contributed by atoms with van der Waals surface area (Å²) in [4.78, 5) is 25.0. The molecule has 0 aliphatic carbocycles. The van der Waals surface area contributed by atoms with E-state index in [0.717, 1.165) is 47.1 Å². The Morgan fingerprint density at radius 3 is 2.24 bits per heavy atom. The molecule has 34 heavy (non-hydrogen) atoms. The number of rotatable bonds is 6. The normalized spacial score (nSPS) is 16.8. The molecule has 1 aliphatic rings. The summed E-state index contributed by atoms with van der Waals surface area (Å²) in [5.74, 6) is -1.46. The number of sulfonamides is 1. The number of carbonyl (C=O) groups excluding carboxylic acids is 2. The molecule has 0 spiro atoms. The van der Waals surface area contributed by atoms with Crippen molar-refractivity contribution in [2.45, 2.75) is 71.2 Å². The summed E-state index contributed by atoms with van der Waals surface area (Å²) in [5.41, 5.74) is 5.22. The summed E-state index contributed by atoms with van der Waals surface area (Å²) < 4.78 is 28.8. The first-order chi connectivity index (χ1) is 16.0. The van der Waals surface area contributed by atoms with Gasteiger partial charge in [-0.25, -0.2) is 8.42 Å². The maximum absolute atomic E-state index is 13.6. The molecule has 2 amide bonds. The third-order valence-electron chi connectivity index (χ3n) is 6.48. The van der Waals surface area contributed by atoms with Crippen LogP contribution in [0.1, 0.15) is 53.5 Å². The molecule has 0 radical (unpaired) electrons. The summed E-state index contributed by atoms with van der Waals surface area (Å²) in [6.07, 6.45) is 2.92. The summed E-state index contributed by atoms with van der Waals surface area (Å²) in [7, 11) is -3.66. The number of nitrogens with one attached hydrogen (secondary N) is 2. The number of amides is 2. The van der Waals surface area contributed by atoms with Crippen molar-refractivity contribution in [3.8, 4) is 0 Å². The fourth-order valence-electron chi connectivity index (χ4n) is 4.71. The number of benzene rings is 2. The van der Waals surface area contributed by atoms with E-state index in [2.05, 4.69) is 10.6 Å². The lowest BCUT2D eigenvalue weighted by atomic mass is 10.0. The lowest BCUT2D eigenvalue weighted by molar-refractivity contribution is -0.136.